The van der Waals surface area contributed by atoms with Gasteiger partial charge in [0.2, 0.25) is 11.7 Å². The Balaban J connectivity index is 2.04. The molecule has 1 aromatic heterocycles. The molecule has 0 N–H and O–H groups in total. The van der Waals surface area contributed by atoms with E-state index >= 15 is 0 Å². The third-order valence-electron chi connectivity index (χ3n) is 2.39. The largest absolute Gasteiger partial charge is 0.450 e. The lowest BCUT2D eigenvalue weighted by Crippen LogP contribution is -2.24. The van der Waals surface area contributed by atoms with Crippen molar-refractivity contribution in [3.8, 4) is 0 Å². The van der Waals surface area contributed by atoms with Crippen molar-refractivity contribution in [3.63, 3.8) is 0 Å². The summed E-state index contributed by atoms with van der Waals surface area (Å²) in [5, 5.41) is 3.45. The van der Waals surface area contributed by atoms with Gasteiger partial charge in [0.25, 0.3) is 0 Å². The second kappa shape index (κ2) is 5.40. The Hall–Kier alpha value is -2.25. The lowest BCUT2D eigenvalue weighted by Gasteiger charge is -2.00. The first-order valence-electron chi connectivity index (χ1n) is 5.50. The maximum atomic E-state index is 12.9. The molecule has 0 spiro atoms. The first-order chi connectivity index (χ1) is 9.34. The summed E-state index contributed by atoms with van der Waals surface area (Å²) in [4.78, 5) is 14.4. The van der Waals surface area contributed by atoms with Gasteiger partial charge in [-0.25, -0.2) is 4.39 Å². The molecule has 0 aliphatic rings. The normalized spacial score (nSPS) is 11.6. The molecule has 2 rings (SSSR count). The number of alkyl halides is 3. The summed E-state index contributed by atoms with van der Waals surface area (Å²) in [7, 11) is 0. The Bertz CT molecular complexity index is 622. The molecule has 0 aliphatic heterocycles. The van der Waals surface area contributed by atoms with E-state index in [1.54, 1.807) is 6.07 Å². The smallest absolute Gasteiger partial charge is 0.339 e. The Kier molecular flexibility index (Phi) is 3.82. The maximum Gasteiger partial charge on any atom is 0.450 e. The summed E-state index contributed by atoms with van der Waals surface area (Å²) in [6.45, 7) is 0. The zero-order chi connectivity index (χ0) is 14.8. The van der Waals surface area contributed by atoms with Gasteiger partial charge in [0.05, 0.1) is 6.42 Å². The fourth-order valence-corrected chi connectivity index (χ4v) is 1.50. The Labute approximate surface area is 110 Å². The van der Waals surface area contributed by atoms with E-state index in [4.69, 9.17) is 0 Å². The van der Waals surface area contributed by atoms with Crippen LogP contribution >= 0.6 is 0 Å². The number of carbonyl (C=O) groups is 1. The van der Waals surface area contributed by atoms with Gasteiger partial charge in [-0.2, -0.15) is 18.2 Å². The van der Waals surface area contributed by atoms with E-state index in [0.717, 1.165) is 0 Å². The highest BCUT2D eigenvalue weighted by molar-refractivity contribution is 5.85. The second-order valence-electron chi connectivity index (χ2n) is 4.01. The average molecular weight is 288 g/mol. The monoisotopic (exact) mass is 288 g/mol. The van der Waals surface area contributed by atoms with Gasteiger partial charge >= 0.3 is 6.18 Å². The van der Waals surface area contributed by atoms with Crippen LogP contribution in [0.3, 0.4) is 0 Å². The highest BCUT2D eigenvalue weighted by atomic mass is 19.4. The van der Waals surface area contributed by atoms with Crippen molar-refractivity contribution in [2.24, 2.45) is 0 Å². The summed E-state index contributed by atoms with van der Waals surface area (Å²) < 4.78 is 53.7. The van der Waals surface area contributed by atoms with Crippen LogP contribution in [-0.4, -0.2) is 22.1 Å². The minimum Gasteiger partial charge on any atom is -0.339 e. The Morgan fingerprint density at radius 1 is 1.30 bits per heavy atom. The van der Waals surface area contributed by atoms with Gasteiger partial charge in [-0.1, -0.05) is 17.3 Å². The molecular formula is C12H8F4N2O2. The first kappa shape index (κ1) is 14.2. The molecule has 0 radical (unpaired) electrons. The van der Waals surface area contributed by atoms with Crippen molar-refractivity contribution in [2.75, 3.05) is 0 Å². The number of Topliss-reactive ketones (excluding diaryl/α,β-unsaturated/α-hetero) is 1. The van der Waals surface area contributed by atoms with Gasteiger partial charge < -0.3 is 4.52 Å². The van der Waals surface area contributed by atoms with Crippen LogP contribution in [0.4, 0.5) is 17.6 Å². The molecule has 0 amide bonds. The number of halogens is 4. The molecule has 20 heavy (non-hydrogen) atoms. The zero-order valence-corrected chi connectivity index (χ0v) is 9.95. The summed E-state index contributed by atoms with van der Waals surface area (Å²) in [5.41, 5.74) is 0.541. The number of hydrogen-bond acceptors (Lipinski definition) is 4. The van der Waals surface area contributed by atoms with Crippen LogP contribution in [0.1, 0.15) is 17.3 Å². The zero-order valence-electron chi connectivity index (χ0n) is 9.95. The summed E-state index contributed by atoms with van der Waals surface area (Å²) in [6, 6.07) is 5.60. The van der Waals surface area contributed by atoms with Gasteiger partial charge in [-0.15, -0.1) is 0 Å². The second-order valence-corrected chi connectivity index (χ2v) is 4.01. The third kappa shape index (κ3) is 3.62. The quantitative estimate of drug-likeness (QED) is 0.811. The highest BCUT2D eigenvalue weighted by Gasteiger charge is 2.39. The fourth-order valence-electron chi connectivity index (χ4n) is 1.50. The number of hydrogen-bond donors (Lipinski definition) is 0. The molecule has 0 atom stereocenters. The van der Waals surface area contributed by atoms with Gasteiger partial charge in [0.15, 0.2) is 5.82 Å². The number of aromatic nitrogens is 2. The minimum atomic E-state index is -4.93. The molecule has 8 heteroatoms. The molecule has 0 fully saturated rings. The number of nitrogens with zero attached hydrogens (tertiary/aromatic N) is 2. The Morgan fingerprint density at radius 3 is 2.70 bits per heavy atom. The van der Waals surface area contributed by atoms with Crippen LogP contribution in [0.25, 0.3) is 0 Å². The number of rotatable bonds is 4. The van der Waals surface area contributed by atoms with Crippen LogP contribution in [0.15, 0.2) is 28.8 Å². The van der Waals surface area contributed by atoms with Gasteiger partial charge in [0, 0.05) is 6.42 Å². The average Bonchev–Trinajstić information content (AvgIpc) is 2.75. The molecule has 4 nitrogen and oxygen atoms in total. The van der Waals surface area contributed by atoms with Crippen molar-refractivity contribution in [1.29, 1.82) is 0 Å². The molecule has 0 saturated carbocycles. The Morgan fingerprint density at radius 2 is 2.05 bits per heavy atom. The molecule has 2 aromatic rings. The molecule has 1 aromatic carbocycles. The molecule has 106 valence electrons. The fraction of sp³-hybridized carbons (Fsp3) is 0.250. The topological polar surface area (TPSA) is 56.0 Å². The third-order valence-corrected chi connectivity index (χ3v) is 2.39. The lowest BCUT2D eigenvalue weighted by molar-refractivity contribution is -0.170. The summed E-state index contributed by atoms with van der Waals surface area (Å²) in [6.07, 6.45) is -5.84. The number of carbonyl (C=O) groups excluding carboxylic acids is 1. The lowest BCUT2D eigenvalue weighted by atomic mass is 10.1. The predicted octanol–water partition coefficient (Wildman–Crippen LogP) is 2.47. The number of ketones is 1. The van der Waals surface area contributed by atoms with Crippen molar-refractivity contribution < 1.29 is 26.9 Å². The van der Waals surface area contributed by atoms with Crippen LogP contribution in [0.5, 0.6) is 0 Å². The van der Waals surface area contributed by atoms with Crippen LogP contribution in [0.2, 0.25) is 0 Å². The van der Waals surface area contributed by atoms with Gasteiger partial charge in [-0.3, -0.25) is 4.79 Å². The molecule has 0 aliphatic carbocycles. The molecular weight excluding hydrogens is 280 g/mol. The predicted molar refractivity (Wildman–Crippen MR) is 58.3 cm³/mol. The molecule has 0 bridgehead atoms. The van der Waals surface area contributed by atoms with Crippen molar-refractivity contribution >= 4 is 5.78 Å². The first-order valence-corrected chi connectivity index (χ1v) is 5.50. The summed E-state index contributed by atoms with van der Waals surface area (Å²) in [5.74, 6) is -2.74. The molecule has 1 heterocycles. The van der Waals surface area contributed by atoms with E-state index in [9.17, 15) is 22.4 Å². The van der Waals surface area contributed by atoms with E-state index < -0.39 is 30.1 Å². The van der Waals surface area contributed by atoms with Crippen molar-refractivity contribution in [2.45, 2.75) is 19.0 Å². The van der Waals surface area contributed by atoms with E-state index in [1.807, 2.05) is 0 Å². The van der Waals surface area contributed by atoms with Crippen molar-refractivity contribution in [3.05, 3.63) is 47.4 Å². The van der Waals surface area contributed by atoms with Gasteiger partial charge in [0.1, 0.15) is 5.82 Å². The maximum absolute atomic E-state index is 12.9. The van der Waals surface area contributed by atoms with Crippen LogP contribution < -0.4 is 0 Å². The molecule has 0 unspecified atom stereocenters. The standard InChI is InChI=1S/C12H8F4N2O2/c13-8-3-1-2-7(4-8)5-10-17-11(20-18-10)6-9(19)12(14,15)16/h1-4H,5-6H2. The SMILES string of the molecule is O=C(Cc1nc(Cc2cccc(F)c2)no1)C(F)(F)F. The van der Waals surface area contributed by atoms with E-state index in [0.29, 0.717) is 5.56 Å². The summed E-state index contributed by atoms with van der Waals surface area (Å²) >= 11 is 0. The number of benzene rings is 1. The highest BCUT2D eigenvalue weighted by Crippen LogP contribution is 2.18. The van der Waals surface area contributed by atoms with Gasteiger partial charge in [-0.05, 0) is 17.7 Å². The minimum absolute atomic E-state index is 0.0839. The van der Waals surface area contributed by atoms with Crippen molar-refractivity contribution in [1.82, 2.24) is 10.1 Å². The van der Waals surface area contributed by atoms with Crippen LogP contribution in [0, 0.1) is 5.82 Å². The van der Waals surface area contributed by atoms with Crippen LogP contribution in [-0.2, 0) is 17.6 Å². The van der Waals surface area contributed by atoms with E-state index in [2.05, 4.69) is 14.7 Å². The molecule has 0 saturated heterocycles. The van der Waals surface area contributed by atoms with E-state index in [1.165, 1.54) is 18.2 Å². The van der Waals surface area contributed by atoms with E-state index in [-0.39, 0.29) is 12.2 Å².